The standard InChI is InChI=1S/C9H20N3.2CH3.3ClH.Ti/c1-4-10-6-2-8-12-9-3-7-11-5-1;;;;;;/h10-11H,1-9H2;2*1H3;3*1H;/q-1;;;;;;+1. The van der Waals surface area contributed by atoms with Gasteiger partial charge in [-0.15, -0.1) is 37.2 Å². The van der Waals surface area contributed by atoms with Gasteiger partial charge in [-0.3, -0.25) is 0 Å². The Morgan fingerprint density at radius 2 is 1.11 bits per heavy atom. The van der Waals surface area contributed by atoms with Crippen molar-refractivity contribution >= 4 is 37.2 Å². The SMILES string of the molecule is Cl.Cl.Cl.[CH3][Ti]([CH3])[N]1CCCNCCCNCCC1. The Morgan fingerprint density at radius 3 is 1.50 bits per heavy atom. The van der Waals surface area contributed by atoms with Gasteiger partial charge in [-0.1, -0.05) is 0 Å². The van der Waals surface area contributed by atoms with E-state index < -0.39 is 18.1 Å². The summed E-state index contributed by atoms with van der Waals surface area (Å²) in [5.74, 6) is 0. The molecule has 0 aromatic rings. The molecule has 0 atom stereocenters. The van der Waals surface area contributed by atoms with Gasteiger partial charge in [-0.2, -0.15) is 0 Å². The van der Waals surface area contributed by atoms with Gasteiger partial charge in [0.15, 0.2) is 0 Å². The van der Waals surface area contributed by atoms with Crippen molar-refractivity contribution < 1.29 is 18.1 Å². The Kier molecular flexibility index (Phi) is 22.5. The van der Waals surface area contributed by atoms with E-state index in [4.69, 9.17) is 0 Å². The van der Waals surface area contributed by atoms with E-state index in [1.807, 2.05) is 0 Å². The normalized spacial score (nSPS) is 19.0. The van der Waals surface area contributed by atoms with Crippen LogP contribution in [0.5, 0.6) is 0 Å². The number of rotatable bonds is 1. The van der Waals surface area contributed by atoms with Gasteiger partial charge in [-0.05, 0) is 0 Å². The molecule has 1 rings (SSSR count). The Hall–Kier alpha value is 1.46. The molecule has 0 saturated carbocycles. The van der Waals surface area contributed by atoms with Crippen LogP contribution in [0.4, 0.5) is 0 Å². The first-order valence-corrected chi connectivity index (χ1v) is 10.1. The first-order chi connectivity index (χ1) is 7.30. The monoisotopic (exact) mass is 356 g/mol. The predicted molar refractivity (Wildman–Crippen MR) is 84.6 cm³/mol. The van der Waals surface area contributed by atoms with Crippen LogP contribution in [0.15, 0.2) is 0 Å². The molecule has 0 aromatic carbocycles. The molecule has 0 bridgehead atoms. The third-order valence-corrected chi connectivity index (χ3v) is 5.58. The number of nitrogens with zero attached hydrogens (tertiary/aromatic N) is 1. The van der Waals surface area contributed by atoms with E-state index in [1.165, 1.54) is 58.5 Å². The molecule has 1 saturated heterocycles. The summed E-state index contributed by atoms with van der Waals surface area (Å²) >= 11 is -0.838. The van der Waals surface area contributed by atoms with Crippen molar-refractivity contribution in [1.29, 1.82) is 0 Å². The molecule has 1 fully saturated rings. The zero-order valence-corrected chi connectivity index (χ0v) is 15.5. The maximum atomic E-state index is 3.51. The average molecular weight is 358 g/mol. The molecule has 7 heteroatoms. The van der Waals surface area contributed by atoms with E-state index in [9.17, 15) is 0 Å². The summed E-state index contributed by atoms with van der Waals surface area (Å²) in [6.07, 6.45) is 3.92. The van der Waals surface area contributed by atoms with Crippen LogP contribution in [-0.2, 0) is 18.1 Å². The van der Waals surface area contributed by atoms with Gasteiger partial charge in [0.05, 0.1) is 0 Å². The number of halogens is 3. The molecule has 0 radical (unpaired) electrons. The summed E-state index contributed by atoms with van der Waals surface area (Å²) in [5.41, 5.74) is 0. The van der Waals surface area contributed by atoms with Crippen LogP contribution in [0.3, 0.4) is 0 Å². The molecule has 0 unspecified atom stereocenters. The Labute approximate surface area is 138 Å². The number of hydrogen-bond acceptors (Lipinski definition) is 3. The molecule has 0 spiro atoms. The minimum absolute atomic E-state index is 0. The molecule has 18 heavy (non-hydrogen) atoms. The summed E-state index contributed by atoms with van der Waals surface area (Å²) < 4.78 is 2.75. The summed E-state index contributed by atoms with van der Waals surface area (Å²) in [7, 11) is 0. The van der Waals surface area contributed by atoms with E-state index in [0.717, 1.165) is 0 Å². The number of nitrogens with one attached hydrogen (secondary N) is 2. The molecular formula is C11H29Cl3N3Ti. The molecule has 1 aliphatic heterocycles. The fourth-order valence-electron chi connectivity index (χ4n) is 1.94. The first kappa shape index (κ1) is 24.5. The van der Waals surface area contributed by atoms with Gasteiger partial charge in [0, 0.05) is 0 Å². The van der Waals surface area contributed by atoms with Gasteiger partial charge < -0.3 is 0 Å². The average Bonchev–Trinajstić information content (AvgIpc) is 2.18. The van der Waals surface area contributed by atoms with Crippen LogP contribution in [0.25, 0.3) is 0 Å². The molecule has 3 nitrogen and oxygen atoms in total. The Morgan fingerprint density at radius 1 is 0.722 bits per heavy atom. The van der Waals surface area contributed by atoms with Crippen LogP contribution in [0.2, 0.25) is 10.5 Å². The Balaban J connectivity index is -0.000000750. The quantitative estimate of drug-likeness (QED) is 0.706. The first-order valence-electron chi connectivity index (χ1n) is 6.27. The molecule has 0 aromatic heterocycles. The number of hydrogen-bond donors (Lipinski definition) is 2. The fraction of sp³-hybridized carbons (Fsp3) is 1.00. The zero-order chi connectivity index (χ0) is 10.9. The third-order valence-electron chi connectivity index (χ3n) is 2.90. The predicted octanol–water partition coefficient (Wildman–Crippen LogP) is 2.55. The summed E-state index contributed by atoms with van der Waals surface area (Å²) in [6, 6.07) is 0. The van der Waals surface area contributed by atoms with Crippen LogP contribution < -0.4 is 10.6 Å². The molecule has 0 amide bonds. The van der Waals surface area contributed by atoms with Gasteiger partial charge in [0.25, 0.3) is 0 Å². The zero-order valence-electron chi connectivity index (χ0n) is 11.5. The molecule has 0 aliphatic carbocycles. The van der Waals surface area contributed by atoms with Crippen LogP contribution in [0, 0.1) is 0 Å². The van der Waals surface area contributed by atoms with Crippen LogP contribution in [0.1, 0.15) is 19.3 Å². The van der Waals surface area contributed by atoms with Crippen molar-refractivity contribution in [1.82, 2.24) is 14.0 Å². The van der Waals surface area contributed by atoms with Crippen LogP contribution in [-0.4, -0.2) is 42.7 Å². The second kappa shape index (κ2) is 16.5. The summed E-state index contributed by atoms with van der Waals surface area (Å²) in [6.45, 7) is 7.37. The van der Waals surface area contributed by atoms with Crippen LogP contribution >= 0.6 is 37.2 Å². The van der Waals surface area contributed by atoms with E-state index in [0.29, 0.717) is 0 Å². The van der Waals surface area contributed by atoms with Crippen molar-refractivity contribution in [2.24, 2.45) is 0 Å². The van der Waals surface area contributed by atoms with Crippen molar-refractivity contribution in [3.63, 3.8) is 0 Å². The molecular weight excluding hydrogens is 328 g/mol. The van der Waals surface area contributed by atoms with Gasteiger partial charge in [-0.25, -0.2) is 0 Å². The van der Waals surface area contributed by atoms with E-state index in [1.54, 1.807) is 0 Å². The van der Waals surface area contributed by atoms with E-state index >= 15 is 0 Å². The summed E-state index contributed by atoms with van der Waals surface area (Å²) in [4.78, 5) is 0. The fourth-order valence-corrected chi connectivity index (χ4v) is 3.83. The van der Waals surface area contributed by atoms with Crippen molar-refractivity contribution in [2.45, 2.75) is 29.7 Å². The second-order valence-electron chi connectivity index (χ2n) is 4.49. The minimum atomic E-state index is -0.838. The Bertz CT molecular complexity index is 152. The second-order valence-corrected chi connectivity index (χ2v) is 8.44. The van der Waals surface area contributed by atoms with Gasteiger partial charge >= 0.3 is 101 Å². The molecule has 1 aliphatic rings. The summed E-state index contributed by atoms with van der Waals surface area (Å²) in [5, 5.41) is 12.0. The maximum absolute atomic E-state index is 3.51. The van der Waals surface area contributed by atoms with Crippen molar-refractivity contribution in [2.75, 3.05) is 39.3 Å². The van der Waals surface area contributed by atoms with E-state index in [-0.39, 0.29) is 37.2 Å². The van der Waals surface area contributed by atoms with Gasteiger partial charge in [0.1, 0.15) is 0 Å². The molecule has 1 heterocycles. The van der Waals surface area contributed by atoms with E-state index in [2.05, 4.69) is 24.5 Å². The third kappa shape index (κ3) is 12.5. The molecule has 2 N–H and O–H groups in total. The van der Waals surface area contributed by atoms with Crippen molar-refractivity contribution in [3.05, 3.63) is 0 Å². The topological polar surface area (TPSA) is 27.3 Å². The van der Waals surface area contributed by atoms with Gasteiger partial charge in [0.2, 0.25) is 0 Å². The van der Waals surface area contributed by atoms with Crippen molar-refractivity contribution in [3.8, 4) is 0 Å². The molecule has 113 valence electrons.